The summed E-state index contributed by atoms with van der Waals surface area (Å²) in [5.41, 5.74) is 1.52. The lowest BCUT2D eigenvalue weighted by Crippen LogP contribution is -2.02. The molecule has 3 rings (SSSR count). The molecule has 0 spiro atoms. The van der Waals surface area contributed by atoms with Crippen molar-refractivity contribution < 1.29 is 15.0 Å². The first-order chi connectivity index (χ1) is 12.0. The molecule has 0 saturated heterocycles. The number of aromatic hydroxyl groups is 2. The number of phenols is 2. The summed E-state index contributed by atoms with van der Waals surface area (Å²) in [4.78, 5) is 16.8. The van der Waals surface area contributed by atoms with Crippen molar-refractivity contribution in [2.24, 2.45) is 4.99 Å². The molecule has 25 heavy (non-hydrogen) atoms. The summed E-state index contributed by atoms with van der Waals surface area (Å²) < 4.78 is 0. The number of phenolic OH excluding ortho intramolecular Hbond substituents is 2. The maximum atomic E-state index is 12.5. The number of halogens is 1. The van der Waals surface area contributed by atoms with E-state index in [4.69, 9.17) is 11.6 Å². The third kappa shape index (κ3) is 3.87. The van der Waals surface area contributed by atoms with Gasteiger partial charge < -0.3 is 10.2 Å². The number of carbonyl (C=O) groups is 1. The normalized spacial score (nSPS) is 10.9. The van der Waals surface area contributed by atoms with E-state index in [0.29, 0.717) is 21.8 Å². The molecule has 0 aliphatic heterocycles. The predicted molar refractivity (Wildman–Crippen MR) is 98.4 cm³/mol. The first kappa shape index (κ1) is 16.7. The average molecular weight is 352 g/mol. The number of carbonyl (C=O) groups excluding carboxylic acids is 1. The second-order valence-corrected chi connectivity index (χ2v) is 5.79. The fourth-order valence-electron chi connectivity index (χ4n) is 2.30. The zero-order valence-electron chi connectivity index (χ0n) is 13.1. The molecule has 4 nitrogen and oxygen atoms in total. The Bertz CT molecular complexity index is 935. The lowest BCUT2D eigenvalue weighted by atomic mass is 10.00. The van der Waals surface area contributed by atoms with Gasteiger partial charge in [0.05, 0.1) is 11.3 Å². The molecule has 0 saturated carbocycles. The number of hydrogen-bond acceptors (Lipinski definition) is 4. The summed E-state index contributed by atoms with van der Waals surface area (Å²) in [5.74, 6) is -0.783. The largest absolute Gasteiger partial charge is 0.507 e. The molecule has 0 atom stereocenters. The summed E-state index contributed by atoms with van der Waals surface area (Å²) in [7, 11) is 0. The highest BCUT2D eigenvalue weighted by molar-refractivity contribution is 6.30. The summed E-state index contributed by atoms with van der Waals surface area (Å²) in [6, 6.07) is 18.0. The van der Waals surface area contributed by atoms with Crippen LogP contribution in [0.5, 0.6) is 11.5 Å². The maximum absolute atomic E-state index is 12.5. The molecule has 2 N–H and O–H groups in total. The monoisotopic (exact) mass is 351 g/mol. The van der Waals surface area contributed by atoms with Crippen molar-refractivity contribution in [3.05, 3.63) is 88.4 Å². The highest BCUT2D eigenvalue weighted by Crippen LogP contribution is 2.29. The summed E-state index contributed by atoms with van der Waals surface area (Å²) in [6.45, 7) is 0. The van der Waals surface area contributed by atoms with Crippen molar-refractivity contribution in [1.29, 1.82) is 0 Å². The van der Waals surface area contributed by atoms with Crippen LogP contribution in [-0.2, 0) is 0 Å². The molecule has 0 unspecified atom stereocenters. The molecule has 0 aromatic heterocycles. The van der Waals surface area contributed by atoms with Gasteiger partial charge in [-0.25, -0.2) is 0 Å². The molecule has 3 aromatic rings. The van der Waals surface area contributed by atoms with Crippen LogP contribution < -0.4 is 0 Å². The summed E-state index contributed by atoms with van der Waals surface area (Å²) >= 11 is 5.83. The topological polar surface area (TPSA) is 69.9 Å². The lowest BCUT2D eigenvalue weighted by Gasteiger charge is -2.07. The third-order valence-electron chi connectivity index (χ3n) is 3.60. The van der Waals surface area contributed by atoms with Crippen LogP contribution in [0.1, 0.15) is 21.5 Å². The van der Waals surface area contributed by atoms with Crippen LogP contribution >= 0.6 is 11.6 Å². The van der Waals surface area contributed by atoms with Gasteiger partial charge >= 0.3 is 0 Å². The number of rotatable bonds is 4. The van der Waals surface area contributed by atoms with Gasteiger partial charge in [-0.15, -0.1) is 0 Å². The molecule has 124 valence electrons. The van der Waals surface area contributed by atoms with Crippen LogP contribution in [0.15, 0.2) is 71.7 Å². The van der Waals surface area contributed by atoms with Crippen LogP contribution in [0.2, 0.25) is 5.02 Å². The van der Waals surface area contributed by atoms with Crippen molar-refractivity contribution in [2.75, 3.05) is 0 Å². The van der Waals surface area contributed by atoms with Gasteiger partial charge in [0.1, 0.15) is 11.5 Å². The highest BCUT2D eigenvalue weighted by Gasteiger charge is 2.16. The minimum atomic E-state index is -0.334. The Morgan fingerprint density at radius 1 is 0.920 bits per heavy atom. The van der Waals surface area contributed by atoms with E-state index in [-0.39, 0.29) is 22.8 Å². The van der Waals surface area contributed by atoms with E-state index in [2.05, 4.69) is 4.99 Å². The van der Waals surface area contributed by atoms with Crippen molar-refractivity contribution in [2.45, 2.75) is 0 Å². The van der Waals surface area contributed by atoms with E-state index in [1.165, 1.54) is 12.3 Å². The third-order valence-corrected chi connectivity index (χ3v) is 3.86. The average Bonchev–Trinajstić information content (AvgIpc) is 2.62. The second-order valence-electron chi connectivity index (χ2n) is 5.36. The lowest BCUT2D eigenvalue weighted by molar-refractivity contribution is 0.103. The summed E-state index contributed by atoms with van der Waals surface area (Å²) in [6.07, 6.45) is 1.43. The number of benzene rings is 3. The molecular formula is C20H14ClNO3. The highest BCUT2D eigenvalue weighted by atomic mass is 35.5. The Kier molecular flexibility index (Phi) is 4.82. The van der Waals surface area contributed by atoms with E-state index in [1.54, 1.807) is 54.6 Å². The minimum absolute atomic E-state index is 0.0987. The Hall–Kier alpha value is -3.11. The first-order valence-corrected chi connectivity index (χ1v) is 7.88. The molecule has 0 radical (unpaired) electrons. The maximum Gasteiger partial charge on any atom is 0.196 e. The van der Waals surface area contributed by atoms with Gasteiger partial charge in [0.2, 0.25) is 0 Å². The van der Waals surface area contributed by atoms with Crippen molar-refractivity contribution >= 4 is 29.3 Å². The van der Waals surface area contributed by atoms with Gasteiger partial charge in [0.25, 0.3) is 0 Å². The van der Waals surface area contributed by atoms with Gasteiger partial charge in [0.15, 0.2) is 5.78 Å². The molecule has 0 fully saturated rings. The molecule has 0 heterocycles. The number of nitrogens with zero attached hydrogens (tertiary/aromatic N) is 1. The smallest absolute Gasteiger partial charge is 0.196 e. The van der Waals surface area contributed by atoms with E-state index < -0.39 is 0 Å². The molecule has 0 aliphatic rings. The standard InChI is InChI=1S/C20H14ClNO3/c21-15-6-8-16(9-7-15)22-12-14-10-17(19(24)11-18(14)23)20(25)13-4-2-1-3-5-13/h1-12,23-24H. The van der Waals surface area contributed by atoms with E-state index in [1.807, 2.05) is 0 Å². The molecule has 3 aromatic carbocycles. The van der Waals surface area contributed by atoms with E-state index in [0.717, 1.165) is 6.07 Å². The van der Waals surface area contributed by atoms with Crippen LogP contribution in [0.4, 0.5) is 5.69 Å². The molecule has 5 heteroatoms. The zero-order chi connectivity index (χ0) is 17.8. The Balaban J connectivity index is 1.95. The number of aliphatic imine (C=N–C) groups is 1. The van der Waals surface area contributed by atoms with Crippen LogP contribution in [-0.4, -0.2) is 22.2 Å². The number of hydrogen-bond donors (Lipinski definition) is 2. The molecule has 0 bridgehead atoms. The fraction of sp³-hybridized carbons (Fsp3) is 0. The van der Waals surface area contributed by atoms with Crippen molar-refractivity contribution in [1.82, 2.24) is 0 Å². The molecular weight excluding hydrogens is 338 g/mol. The van der Waals surface area contributed by atoms with Gasteiger partial charge in [0, 0.05) is 28.4 Å². The Labute approximate surface area is 149 Å². The molecule has 0 amide bonds. The second kappa shape index (κ2) is 7.20. The fourth-order valence-corrected chi connectivity index (χ4v) is 2.42. The first-order valence-electron chi connectivity index (χ1n) is 7.50. The van der Waals surface area contributed by atoms with Crippen molar-refractivity contribution in [3.8, 4) is 11.5 Å². The van der Waals surface area contributed by atoms with Crippen LogP contribution in [0.3, 0.4) is 0 Å². The van der Waals surface area contributed by atoms with E-state index >= 15 is 0 Å². The van der Waals surface area contributed by atoms with Crippen LogP contribution in [0, 0.1) is 0 Å². The molecule has 0 aliphatic carbocycles. The van der Waals surface area contributed by atoms with Gasteiger partial charge in [-0.2, -0.15) is 0 Å². The van der Waals surface area contributed by atoms with E-state index in [9.17, 15) is 15.0 Å². The predicted octanol–water partition coefficient (Wildman–Crippen LogP) is 4.73. The summed E-state index contributed by atoms with van der Waals surface area (Å²) in [5, 5.41) is 20.6. The van der Waals surface area contributed by atoms with Crippen molar-refractivity contribution in [3.63, 3.8) is 0 Å². The van der Waals surface area contributed by atoms with Crippen LogP contribution in [0.25, 0.3) is 0 Å². The zero-order valence-corrected chi connectivity index (χ0v) is 13.8. The Morgan fingerprint density at radius 2 is 1.60 bits per heavy atom. The van der Waals surface area contributed by atoms with Gasteiger partial charge in [-0.3, -0.25) is 9.79 Å². The van der Waals surface area contributed by atoms with Gasteiger partial charge in [-0.1, -0.05) is 41.9 Å². The SMILES string of the molecule is O=C(c1ccccc1)c1cc(C=Nc2ccc(Cl)cc2)c(O)cc1O. The minimum Gasteiger partial charge on any atom is -0.507 e. The Morgan fingerprint density at radius 3 is 2.28 bits per heavy atom. The van der Waals surface area contributed by atoms with Gasteiger partial charge in [-0.05, 0) is 30.3 Å². The number of ketones is 1. The quantitative estimate of drug-likeness (QED) is 0.527.